The van der Waals surface area contributed by atoms with Gasteiger partial charge in [0.05, 0.1) is 11.1 Å². The Hall–Kier alpha value is -3.47. The van der Waals surface area contributed by atoms with Gasteiger partial charge in [-0.3, -0.25) is 4.79 Å². The highest BCUT2D eigenvalue weighted by Crippen LogP contribution is 2.24. The summed E-state index contributed by atoms with van der Waals surface area (Å²) in [6.07, 6.45) is 0. The largest absolute Gasteiger partial charge is 0.489 e. The van der Waals surface area contributed by atoms with Crippen molar-refractivity contribution in [3.63, 3.8) is 0 Å². The first-order chi connectivity index (χ1) is 14.7. The number of ketones is 1. The maximum atomic E-state index is 13.6. The zero-order valence-electron chi connectivity index (χ0n) is 17.9. The molecule has 0 spiro atoms. The molecular weight excluding hydrogens is 395 g/mol. The molecule has 0 bridgehead atoms. The van der Waals surface area contributed by atoms with Crippen LogP contribution in [0.4, 0.5) is 4.39 Å². The number of halogens is 1. The zero-order chi connectivity index (χ0) is 22.4. The third-order valence-electron chi connectivity index (χ3n) is 4.82. The molecule has 0 amide bonds. The van der Waals surface area contributed by atoms with Gasteiger partial charge in [-0.05, 0) is 52.9 Å². The van der Waals surface area contributed by atoms with Gasteiger partial charge in [-0.25, -0.2) is 9.18 Å². The highest BCUT2D eigenvalue weighted by molar-refractivity contribution is 5.99. The van der Waals surface area contributed by atoms with Crippen molar-refractivity contribution in [1.82, 2.24) is 0 Å². The van der Waals surface area contributed by atoms with Crippen molar-refractivity contribution in [2.45, 2.75) is 32.8 Å². The van der Waals surface area contributed by atoms with Gasteiger partial charge in [0.1, 0.15) is 18.2 Å². The summed E-state index contributed by atoms with van der Waals surface area (Å²) >= 11 is 0. The lowest BCUT2D eigenvalue weighted by Gasteiger charge is -2.19. The van der Waals surface area contributed by atoms with Gasteiger partial charge in [-0.1, -0.05) is 57.2 Å². The number of carbonyl (C=O) groups is 2. The number of Topliss-reactive ketones (excluding diaryl/α,β-unsaturated/α-hetero) is 1. The second-order valence-corrected chi connectivity index (χ2v) is 8.24. The normalized spacial score (nSPS) is 11.1. The van der Waals surface area contributed by atoms with Crippen LogP contribution in [-0.2, 0) is 16.8 Å². The van der Waals surface area contributed by atoms with E-state index in [1.807, 2.05) is 12.1 Å². The molecule has 160 valence electrons. The molecule has 0 atom stereocenters. The van der Waals surface area contributed by atoms with Crippen LogP contribution in [0.15, 0.2) is 72.8 Å². The monoisotopic (exact) mass is 420 g/mol. The van der Waals surface area contributed by atoms with E-state index in [9.17, 15) is 14.0 Å². The van der Waals surface area contributed by atoms with E-state index >= 15 is 0 Å². The van der Waals surface area contributed by atoms with E-state index in [-0.39, 0.29) is 11.0 Å². The summed E-state index contributed by atoms with van der Waals surface area (Å²) in [7, 11) is 0. The van der Waals surface area contributed by atoms with E-state index in [0.29, 0.717) is 12.2 Å². The minimum absolute atomic E-state index is 0.0862. The quantitative estimate of drug-likeness (QED) is 0.361. The molecule has 0 radical (unpaired) electrons. The molecule has 0 aromatic heterocycles. The predicted octanol–water partition coefficient (Wildman–Crippen LogP) is 5.74. The summed E-state index contributed by atoms with van der Waals surface area (Å²) in [6, 6.07) is 20.3. The van der Waals surface area contributed by atoms with Gasteiger partial charge in [0.2, 0.25) is 5.78 Å². The summed E-state index contributed by atoms with van der Waals surface area (Å²) < 4.78 is 24.4. The molecule has 0 heterocycles. The molecule has 3 aromatic carbocycles. The van der Waals surface area contributed by atoms with Crippen LogP contribution in [0.2, 0.25) is 0 Å². The molecule has 3 aromatic rings. The topological polar surface area (TPSA) is 52.6 Å². The molecule has 0 N–H and O–H groups in total. The van der Waals surface area contributed by atoms with E-state index in [2.05, 4.69) is 32.9 Å². The molecule has 0 aliphatic carbocycles. The lowest BCUT2D eigenvalue weighted by Crippen LogP contribution is -2.15. The number of esters is 1. The number of carbonyl (C=O) groups excluding carboxylic acids is 2. The van der Waals surface area contributed by atoms with E-state index in [1.165, 1.54) is 23.8 Å². The molecule has 0 unspecified atom stereocenters. The minimum Gasteiger partial charge on any atom is -0.489 e. The first-order valence-electron chi connectivity index (χ1n) is 10.0. The van der Waals surface area contributed by atoms with Crippen molar-refractivity contribution in [2.24, 2.45) is 0 Å². The summed E-state index contributed by atoms with van der Waals surface area (Å²) in [5, 5.41) is 0. The van der Waals surface area contributed by atoms with Crippen LogP contribution in [0.3, 0.4) is 0 Å². The molecule has 4 nitrogen and oxygen atoms in total. The highest BCUT2D eigenvalue weighted by atomic mass is 19.1. The smallest absolute Gasteiger partial charge is 0.338 e. The number of hydrogen-bond acceptors (Lipinski definition) is 4. The summed E-state index contributed by atoms with van der Waals surface area (Å²) in [6.45, 7) is 6.31. The van der Waals surface area contributed by atoms with Crippen LogP contribution in [0.5, 0.6) is 5.75 Å². The van der Waals surface area contributed by atoms with Gasteiger partial charge < -0.3 is 9.47 Å². The highest BCUT2D eigenvalue weighted by Gasteiger charge is 2.15. The van der Waals surface area contributed by atoms with Gasteiger partial charge in [0, 0.05) is 0 Å². The van der Waals surface area contributed by atoms with Crippen LogP contribution in [0.25, 0.3) is 0 Å². The Balaban J connectivity index is 1.52. The maximum absolute atomic E-state index is 13.6. The Kier molecular flexibility index (Phi) is 6.85. The van der Waals surface area contributed by atoms with Crippen molar-refractivity contribution in [2.75, 3.05) is 6.61 Å². The molecule has 0 fully saturated rings. The minimum atomic E-state index is -0.644. The number of hydrogen-bond donors (Lipinski definition) is 0. The molecule has 31 heavy (non-hydrogen) atoms. The average molecular weight is 420 g/mol. The fourth-order valence-corrected chi connectivity index (χ4v) is 2.93. The van der Waals surface area contributed by atoms with Gasteiger partial charge >= 0.3 is 5.97 Å². The van der Waals surface area contributed by atoms with Crippen molar-refractivity contribution >= 4 is 11.8 Å². The van der Waals surface area contributed by atoms with E-state index in [0.717, 1.165) is 11.3 Å². The number of benzene rings is 3. The van der Waals surface area contributed by atoms with E-state index < -0.39 is 24.2 Å². The van der Waals surface area contributed by atoms with Crippen molar-refractivity contribution in [1.29, 1.82) is 0 Å². The van der Waals surface area contributed by atoms with Gasteiger partial charge in [0.15, 0.2) is 6.61 Å². The summed E-state index contributed by atoms with van der Waals surface area (Å²) in [4.78, 5) is 24.2. The Morgan fingerprint density at radius 3 is 2.13 bits per heavy atom. The van der Waals surface area contributed by atoms with Crippen LogP contribution in [0.1, 0.15) is 52.6 Å². The van der Waals surface area contributed by atoms with Crippen molar-refractivity contribution in [3.05, 3.63) is 101 Å². The van der Waals surface area contributed by atoms with Crippen LogP contribution >= 0.6 is 0 Å². The molecule has 3 rings (SSSR count). The first kappa shape index (κ1) is 22.2. The van der Waals surface area contributed by atoms with Gasteiger partial charge in [-0.15, -0.1) is 0 Å². The molecule has 0 aliphatic rings. The lowest BCUT2D eigenvalue weighted by molar-refractivity contribution is 0.0473. The third-order valence-corrected chi connectivity index (χ3v) is 4.82. The lowest BCUT2D eigenvalue weighted by atomic mass is 9.87. The van der Waals surface area contributed by atoms with Crippen molar-refractivity contribution < 1.29 is 23.5 Å². The summed E-state index contributed by atoms with van der Waals surface area (Å²) in [5.74, 6) is -1.10. The standard InChI is InChI=1S/C26H25FO4/c1-26(2,3)20-12-14-21(15-13-20)30-16-18-8-10-19(11-9-18)25(29)31-17-24(28)22-6-4-5-7-23(22)27/h4-15H,16-17H2,1-3H3. The zero-order valence-corrected chi connectivity index (χ0v) is 17.9. The molecular formula is C26H25FO4. The second kappa shape index (κ2) is 9.56. The van der Waals surface area contributed by atoms with Crippen LogP contribution in [-0.4, -0.2) is 18.4 Å². The molecule has 0 saturated carbocycles. The average Bonchev–Trinajstić information content (AvgIpc) is 2.76. The van der Waals surface area contributed by atoms with Crippen molar-refractivity contribution in [3.8, 4) is 5.75 Å². The Labute approximate surface area is 181 Å². The second-order valence-electron chi connectivity index (χ2n) is 8.24. The maximum Gasteiger partial charge on any atom is 0.338 e. The van der Waals surface area contributed by atoms with Crippen LogP contribution in [0, 0.1) is 5.82 Å². The molecule has 5 heteroatoms. The Morgan fingerprint density at radius 1 is 0.871 bits per heavy atom. The van der Waals surface area contributed by atoms with E-state index in [4.69, 9.17) is 9.47 Å². The first-order valence-corrected chi connectivity index (χ1v) is 10.0. The third kappa shape index (κ3) is 6.01. The Bertz CT molecular complexity index is 1050. The molecule has 0 saturated heterocycles. The molecule has 0 aliphatic heterocycles. The summed E-state index contributed by atoms with van der Waals surface area (Å²) in [5.41, 5.74) is 2.41. The van der Waals surface area contributed by atoms with Gasteiger partial charge in [-0.2, -0.15) is 0 Å². The fourth-order valence-electron chi connectivity index (χ4n) is 2.93. The van der Waals surface area contributed by atoms with E-state index in [1.54, 1.807) is 30.3 Å². The SMILES string of the molecule is CC(C)(C)c1ccc(OCc2ccc(C(=O)OCC(=O)c3ccccc3F)cc2)cc1. The predicted molar refractivity (Wildman–Crippen MR) is 117 cm³/mol. The number of rotatable bonds is 7. The van der Waals surface area contributed by atoms with Crippen LogP contribution < -0.4 is 4.74 Å². The van der Waals surface area contributed by atoms with Gasteiger partial charge in [0.25, 0.3) is 0 Å². The Morgan fingerprint density at radius 2 is 1.52 bits per heavy atom. The number of ether oxygens (including phenoxy) is 2. The fraction of sp³-hybridized carbons (Fsp3) is 0.231.